The molecule has 0 aromatic heterocycles. The minimum Gasteiger partial charge on any atom is -0.369 e. The van der Waals surface area contributed by atoms with Gasteiger partial charge in [0.05, 0.1) is 19.0 Å². The molecule has 0 radical (unpaired) electrons. The van der Waals surface area contributed by atoms with Crippen LogP contribution < -0.4 is 0 Å². The lowest BCUT2D eigenvalue weighted by atomic mass is 9.98. The molecule has 3 rings (SSSR count). The van der Waals surface area contributed by atoms with Crippen LogP contribution in [0.25, 0.3) is 0 Å². The maximum Gasteiger partial charge on any atom is 0.150 e. The van der Waals surface area contributed by atoms with Crippen LogP contribution in [0.1, 0.15) is 31.0 Å². The molecule has 2 aliphatic rings. The molecule has 1 unspecified atom stereocenters. The second kappa shape index (κ2) is 7.67. The summed E-state index contributed by atoms with van der Waals surface area (Å²) in [6.45, 7) is 1.52. The maximum absolute atomic E-state index is 14.3. The highest BCUT2D eigenvalue weighted by Crippen LogP contribution is 2.34. The normalized spacial score (nSPS) is 25.3. The first-order valence-electron chi connectivity index (χ1n) is 8.49. The summed E-state index contributed by atoms with van der Waals surface area (Å²) >= 11 is 1.79. The maximum atomic E-state index is 14.3. The monoisotopic (exact) mass is 343 g/mol. The van der Waals surface area contributed by atoms with Gasteiger partial charge in [-0.1, -0.05) is 18.2 Å². The van der Waals surface area contributed by atoms with Crippen LogP contribution in [-0.2, 0) is 0 Å². The molecule has 3 nitrogen and oxygen atoms in total. The first kappa shape index (κ1) is 15.5. The van der Waals surface area contributed by atoms with Gasteiger partial charge in [0.15, 0.2) is 0 Å². The third kappa shape index (κ3) is 3.88. The number of carbonyl (C=O) groups is 1. The average molecular weight is 343 g/mol. The molecule has 1 fully saturated rings. The van der Waals surface area contributed by atoms with Crippen LogP contribution in [-0.4, -0.2) is 29.5 Å². The Morgan fingerprint density at radius 2 is 2.04 bits per heavy atom. The standard InChI is InChI=1S/C19H19FN2OS/c20-18-11-15(12-21)3-6-19(18)22-9-7-17(8-10-22)24-16-4-1-14(13-23)2-5-16/h1-6,13,15,17H,7-11H2/i15D. The van der Waals surface area contributed by atoms with E-state index in [0.717, 1.165) is 37.1 Å². The summed E-state index contributed by atoms with van der Waals surface area (Å²) in [5, 5.41) is 9.42. The Morgan fingerprint density at radius 1 is 1.33 bits per heavy atom. The Bertz CT molecular complexity index is 748. The zero-order chi connectivity index (χ0) is 17.9. The highest BCUT2D eigenvalue weighted by Gasteiger charge is 2.25. The number of likely N-dealkylation sites (tertiary alicyclic amines) is 1. The molecule has 0 N–H and O–H groups in total. The fourth-order valence-electron chi connectivity index (χ4n) is 2.97. The van der Waals surface area contributed by atoms with Crippen molar-refractivity contribution in [2.45, 2.75) is 29.4 Å². The van der Waals surface area contributed by atoms with E-state index in [1.807, 2.05) is 35.2 Å². The summed E-state index contributed by atoms with van der Waals surface area (Å²) in [4.78, 5) is 13.8. The third-order valence-corrected chi connectivity index (χ3v) is 5.66. The zero-order valence-electron chi connectivity index (χ0n) is 14.2. The van der Waals surface area contributed by atoms with Gasteiger partial charge in [-0.2, -0.15) is 5.26 Å². The fourth-order valence-corrected chi connectivity index (χ4v) is 4.10. The van der Waals surface area contributed by atoms with Gasteiger partial charge in [0, 0.05) is 35.2 Å². The van der Waals surface area contributed by atoms with Crippen molar-refractivity contribution in [2.24, 2.45) is 5.89 Å². The average Bonchev–Trinajstić information content (AvgIpc) is 2.63. The second-order valence-electron chi connectivity index (χ2n) is 5.93. The van der Waals surface area contributed by atoms with Crippen molar-refractivity contribution in [1.82, 2.24) is 4.90 Å². The van der Waals surface area contributed by atoms with E-state index in [1.54, 1.807) is 17.8 Å². The first-order valence-corrected chi connectivity index (χ1v) is 8.87. The lowest BCUT2D eigenvalue weighted by molar-refractivity contribution is 0.112. The van der Waals surface area contributed by atoms with Crippen molar-refractivity contribution in [1.29, 1.82) is 5.26 Å². The van der Waals surface area contributed by atoms with Crippen LogP contribution in [0.4, 0.5) is 4.39 Å². The minimum atomic E-state index is -1.48. The Balaban J connectivity index is 1.57. The van der Waals surface area contributed by atoms with Gasteiger partial charge in [0.25, 0.3) is 0 Å². The minimum absolute atomic E-state index is 0.174. The van der Waals surface area contributed by atoms with E-state index in [9.17, 15) is 9.18 Å². The molecule has 1 aromatic carbocycles. The molecule has 0 spiro atoms. The highest BCUT2D eigenvalue weighted by molar-refractivity contribution is 8.00. The molecular weight excluding hydrogens is 323 g/mol. The Kier molecular flexibility index (Phi) is 4.94. The van der Waals surface area contributed by atoms with Gasteiger partial charge in [-0.25, -0.2) is 4.39 Å². The van der Waals surface area contributed by atoms with Crippen LogP contribution in [0.2, 0.25) is 0 Å². The van der Waals surface area contributed by atoms with Crippen molar-refractivity contribution in [3.05, 3.63) is 53.5 Å². The van der Waals surface area contributed by atoms with E-state index < -0.39 is 5.89 Å². The van der Waals surface area contributed by atoms with Crippen molar-refractivity contribution in [3.8, 4) is 6.07 Å². The van der Waals surface area contributed by atoms with Crippen LogP contribution >= 0.6 is 11.8 Å². The number of allylic oxidation sites excluding steroid dienone is 3. The number of thioether (sulfide) groups is 1. The van der Waals surface area contributed by atoms with Crippen molar-refractivity contribution >= 4 is 18.0 Å². The van der Waals surface area contributed by atoms with Gasteiger partial charge in [0.1, 0.15) is 12.1 Å². The van der Waals surface area contributed by atoms with Gasteiger partial charge in [-0.15, -0.1) is 11.8 Å². The van der Waals surface area contributed by atoms with Crippen LogP contribution in [0.3, 0.4) is 0 Å². The van der Waals surface area contributed by atoms with Crippen LogP contribution in [0, 0.1) is 17.2 Å². The van der Waals surface area contributed by atoms with E-state index in [4.69, 9.17) is 6.63 Å². The van der Waals surface area contributed by atoms with Crippen LogP contribution in [0.15, 0.2) is 52.8 Å². The summed E-state index contributed by atoms with van der Waals surface area (Å²) in [5.74, 6) is -1.84. The lowest BCUT2D eigenvalue weighted by Gasteiger charge is -2.35. The number of aldehydes is 1. The quantitative estimate of drug-likeness (QED) is 0.763. The van der Waals surface area contributed by atoms with Crippen molar-refractivity contribution in [2.75, 3.05) is 13.1 Å². The molecule has 1 aromatic rings. The van der Waals surface area contributed by atoms with E-state index in [0.29, 0.717) is 16.5 Å². The predicted molar refractivity (Wildman–Crippen MR) is 93.3 cm³/mol. The summed E-state index contributed by atoms with van der Waals surface area (Å²) < 4.78 is 22.1. The number of hydrogen-bond acceptors (Lipinski definition) is 4. The predicted octanol–water partition coefficient (Wildman–Crippen LogP) is 4.34. The molecule has 1 atom stereocenters. The van der Waals surface area contributed by atoms with Crippen molar-refractivity contribution in [3.63, 3.8) is 0 Å². The molecule has 124 valence electrons. The molecule has 0 amide bonds. The lowest BCUT2D eigenvalue weighted by Crippen LogP contribution is -2.34. The van der Waals surface area contributed by atoms with Crippen molar-refractivity contribution < 1.29 is 10.6 Å². The van der Waals surface area contributed by atoms with Gasteiger partial charge < -0.3 is 4.90 Å². The van der Waals surface area contributed by atoms with Crippen LogP contribution in [0.5, 0.6) is 0 Å². The molecule has 5 heteroatoms. The smallest absolute Gasteiger partial charge is 0.150 e. The molecule has 1 heterocycles. The number of piperidine rings is 1. The molecule has 1 saturated heterocycles. The van der Waals surface area contributed by atoms with E-state index in [2.05, 4.69) is 0 Å². The first-order chi connectivity index (χ1) is 12.0. The molecule has 24 heavy (non-hydrogen) atoms. The van der Waals surface area contributed by atoms with E-state index >= 15 is 0 Å². The molecule has 1 aliphatic heterocycles. The number of nitrogens with zero attached hydrogens (tertiary/aromatic N) is 2. The van der Waals surface area contributed by atoms with Gasteiger partial charge in [-0.05, 0) is 31.1 Å². The Hall–Kier alpha value is -2.06. The molecule has 1 aliphatic carbocycles. The number of halogens is 1. The van der Waals surface area contributed by atoms with Gasteiger partial charge in [0.2, 0.25) is 0 Å². The summed E-state index contributed by atoms with van der Waals surface area (Å²) in [6, 6.07) is 9.40. The number of benzene rings is 1. The summed E-state index contributed by atoms with van der Waals surface area (Å²) in [5.41, 5.74) is 1.20. The third-order valence-electron chi connectivity index (χ3n) is 4.31. The number of hydrogen-bond donors (Lipinski definition) is 0. The topological polar surface area (TPSA) is 44.1 Å². The summed E-state index contributed by atoms with van der Waals surface area (Å²) in [7, 11) is 0. The van der Waals surface area contributed by atoms with Gasteiger partial charge >= 0.3 is 0 Å². The molecule has 0 saturated carbocycles. The SMILES string of the molecule is [2H]C1(C#N)C=CC(N2CCC(Sc3ccc(C=O)cc3)CC2)=C(F)C1. The summed E-state index contributed by atoms with van der Waals surface area (Å²) in [6.07, 6.45) is 5.61. The van der Waals surface area contributed by atoms with E-state index in [1.165, 1.54) is 6.08 Å². The molecule has 0 bridgehead atoms. The van der Waals surface area contributed by atoms with Gasteiger partial charge in [-0.3, -0.25) is 4.79 Å². The van der Waals surface area contributed by atoms with E-state index in [-0.39, 0.29) is 12.2 Å². The largest absolute Gasteiger partial charge is 0.369 e. The Morgan fingerprint density at radius 3 is 2.62 bits per heavy atom. The Labute approximate surface area is 147 Å². The second-order valence-corrected chi connectivity index (χ2v) is 7.30. The molecular formula is C19H19FN2OS. The number of nitriles is 1. The number of rotatable bonds is 4. The fraction of sp³-hybridized carbons (Fsp3) is 0.368. The number of carbonyl (C=O) groups excluding carboxylic acids is 1. The highest BCUT2D eigenvalue weighted by atomic mass is 32.2. The zero-order valence-corrected chi connectivity index (χ0v) is 14.1.